The molecule has 1 N–H and O–H groups in total. The van der Waals surface area contributed by atoms with Crippen molar-refractivity contribution in [1.82, 2.24) is 15.1 Å². The zero-order valence-corrected chi connectivity index (χ0v) is 15.9. The van der Waals surface area contributed by atoms with Crippen molar-refractivity contribution < 1.29 is 9.32 Å². The number of anilines is 1. The molecule has 4 rings (SSSR count). The van der Waals surface area contributed by atoms with Gasteiger partial charge in [0.2, 0.25) is 0 Å². The Bertz CT molecular complexity index is 1130. The second kappa shape index (κ2) is 6.88. The molecule has 0 aliphatic rings. The molecule has 0 aliphatic heterocycles. The van der Waals surface area contributed by atoms with Crippen molar-refractivity contribution >= 4 is 22.5 Å². The predicted octanol–water partition coefficient (Wildman–Crippen LogP) is 4.83. The highest BCUT2D eigenvalue weighted by molar-refractivity contribution is 6.07. The van der Waals surface area contributed by atoms with Crippen LogP contribution in [-0.2, 0) is 5.41 Å². The summed E-state index contributed by atoms with van der Waals surface area (Å²) in [5.74, 6) is 1.13. The molecule has 140 valence electrons. The fourth-order valence-corrected chi connectivity index (χ4v) is 2.86. The van der Waals surface area contributed by atoms with Gasteiger partial charge in [-0.15, -0.1) is 0 Å². The Hall–Kier alpha value is -3.54. The minimum atomic E-state index is -0.241. The van der Waals surface area contributed by atoms with Gasteiger partial charge in [0.15, 0.2) is 5.76 Å². The number of nitrogens with one attached hydrogen (secondary N) is 1. The van der Waals surface area contributed by atoms with Crippen LogP contribution in [0.1, 0.15) is 37.0 Å². The van der Waals surface area contributed by atoms with Crippen molar-refractivity contribution in [3.05, 3.63) is 72.3 Å². The van der Waals surface area contributed by atoms with Crippen LogP contribution in [0.4, 0.5) is 5.69 Å². The van der Waals surface area contributed by atoms with E-state index in [1.807, 2.05) is 51.1 Å². The van der Waals surface area contributed by atoms with E-state index in [9.17, 15) is 4.79 Å². The Morgan fingerprint density at radius 1 is 1.00 bits per heavy atom. The first-order valence-corrected chi connectivity index (χ1v) is 9.00. The van der Waals surface area contributed by atoms with Crippen LogP contribution in [0.3, 0.4) is 0 Å². The summed E-state index contributed by atoms with van der Waals surface area (Å²) >= 11 is 0. The lowest BCUT2D eigenvalue weighted by Crippen LogP contribution is -2.17. The summed E-state index contributed by atoms with van der Waals surface area (Å²) in [6.45, 7) is 6.12. The first-order chi connectivity index (χ1) is 13.4. The molecule has 4 aromatic rings. The maximum absolute atomic E-state index is 12.7. The second-order valence-corrected chi connectivity index (χ2v) is 7.61. The van der Waals surface area contributed by atoms with E-state index in [1.165, 1.54) is 0 Å². The molecule has 2 heterocycles. The fourth-order valence-electron chi connectivity index (χ4n) is 2.86. The molecule has 0 saturated carbocycles. The number of hydrogen-bond donors (Lipinski definition) is 1. The van der Waals surface area contributed by atoms with Gasteiger partial charge in [-0.2, -0.15) is 0 Å². The number of amides is 1. The van der Waals surface area contributed by atoms with Crippen LogP contribution in [-0.4, -0.2) is 21.0 Å². The van der Waals surface area contributed by atoms with Gasteiger partial charge < -0.3 is 9.84 Å². The van der Waals surface area contributed by atoms with Gasteiger partial charge in [-0.3, -0.25) is 4.79 Å². The van der Waals surface area contributed by atoms with Gasteiger partial charge in [-0.1, -0.05) is 56.3 Å². The summed E-state index contributed by atoms with van der Waals surface area (Å²) < 4.78 is 5.50. The molecule has 0 unspecified atom stereocenters. The smallest absolute Gasteiger partial charge is 0.255 e. The van der Waals surface area contributed by atoms with Crippen LogP contribution < -0.4 is 5.32 Å². The van der Waals surface area contributed by atoms with E-state index in [2.05, 4.69) is 20.4 Å². The Labute approximate surface area is 162 Å². The number of carbonyl (C=O) groups is 1. The molecule has 0 spiro atoms. The summed E-state index contributed by atoms with van der Waals surface area (Å²) in [7, 11) is 0. The molecular formula is C22H20N4O2. The maximum atomic E-state index is 12.7. The van der Waals surface area contributed by atoms with E-state index >= 15 is 0 Å². The number of aromatic nitrogens is 3. The van der Waals surface area contributed by atoms with Crippen LogP contribution in [0.2, 0.25) is 0 Å². The normalized spacial score (nSPS) is 11.5. The Kier molecular flexibility index (Phi) is 4.39. The first-order valence-electron chi connectivity index (χ1n) is 9.00. The molecule has 0 saturated heterocycles. The Morgan fingerprint density at radius 2 is 1.71 bits per heavy atom. The van der Waals surface area contributed by atoms with E-state index < -0.39 is 0 Å². The summed E-state index contributed by atoms with van der Waals surface area (Å²) in [6, 6.07) is 15.0. The minimum absolute atomic E-state index is 0.143. The molecule has 0 radical (unpaired) electrons. The van der Waals surface area contributed by atoms with Gasteiger partial charge in [-0.05, 0) is 18.2 Å². The lowest BCUT2D eigenvalue weighted by molar-refractivity contribution is 0.102. The third-order valence-electron chi connectivity index (χ3n) is 4.36. The number of nitrogens with zero attached hydrogens (tertiary/aromatic N) is 3. The van der Waals surface area contributed by atoms with Crippen molar-refractivity contribution in [2.24, 2.45) is 0 Å². The van der Waals surface area contributed by atoms with Gasteiger partial charge in [0.05, 0.1) is 23.5 Å². The largest absolute Gasteiger partial charge is 0.355 e. The minimum Gasteiger partial charge on any atom is -0.355 e. The zero-order chi connectivity index (χ0) is 19.7. The zero-order valence-electron chi connectivity index (χ0n) is 15.9. The quantitative estimate of drug-likeness (QED) is 0.557. The molecule has 0 fully saturated rings. The van der Waals surface area contributed by atoms with Gasteiger partial charge in [-0.25, -0.2) is 9.97 Å². The Morgan fingerprint density at radius 3 is 2.39 bits per heavy atom. The number of fused-ring (bicyclic) bond motifs is 1. The van der Waals surface area contributed by atoms with Gasteiger partial charge in [0, 0.05) is 16.5 Å². The topological polar surface area (TPSA) is 80.9 Å². The average Bonchev–Trinajstić information content (AvgIpc) is 3.11. The SMILES string of the molecule is CC(C)(C)c1ncc(NC(=O)c2ccc3noc(-c4ccccc4)c3c2)cn1. The van der Waals surface area contributed by atoms with Crippen molar-refractivity contribution in [2.75, 3.05) is 5.32 Å². The highest BCUT2D eigenvalue weighted by Crippen LogP contribution is 2.29. The lowest BCUT2D eigenvalue weighted by atomic mass is 9.96. The Balaban J connectivity index is 1.61. The third kappa shape index (κ3) is 3.49. The lowest BCUT2D eigenvalue weighted by Gasteiger charge is -2.16. The average molecular weight is 372 g/mol. The number of rotatable bonds is 3. The standard InChI is InChI=1S/C22H20N4O2/c1-22(2,3)21-23-12-16(13-24-21)25-20(27)15-9-10-18-17(11-15)19(28-26-18)14-7-5-4-6-8-14/h4-13H,1-3H3,(H,25,27). The predicted molar refractivity (Wildman–Crippen MR) is 108 cm³/mol. The summed E-state index contributed by atoms with van der Waals surface area (Å²) in [4.78, 5) is 21.4. The van der Waals surface area contributed by atoms with Crippen LogP contribution in [0.15, 0.2) is 65.4 Å². The van der Waals surface area contributed by atoms with Crippen LogP contribution in [0.5, 0.6) is 0 Å². The highest BCUT2D eigenvalue weighted by atomic mass is 16.5. The molecule has 28 heavy (non-hydrogen) atoms. The van der Waals surface area contributed by atoms with E-state index in [0.717, 1.165) is 16.8 Å². The van der Waals surface area contributed by atoms with E-state index in [-0.39, 0.29) is 11.3 Å². The summed E-state index contributed by atoms with van der Waals surface area (Å²) in [5, 5.41) is 7.71. The van der Waals surface area contributed by atoms with Gasteiger partial charge in [0.1, 0.15) is 11.3 Å². The third-order valence-corrected chi connectivity index (χ3v) is 4.36. The van der Waals surface area contributed by atoms with E-state index in [1.54, 1.807) is 30.6 Å². The molecule has 6 heteroatoms. The molecular weight excluding hydrogens is 352 g/mol. The van der Waals surface area contributed by atoms with E-state index in [0.29, 0.717) is 22.5 Å². The summed E-state index contributed by atoms with van der Waals surface area (Å²) in [5.41, 5.74) is 2.52. The molecule has 2 aromatic carbocycles. The first kappa shape index (κ1) is 17.9. The number of benzene rings is 2. The summed E-state index contributed by atoms with van der Waals surface area (Å²) in [6.07, 6.45) is 3.25. The molecule has 0 bridgehead atoms. The van der Waals surface area contributed by atoms with E-state index in [4.69, 9.17) is 4.52 Å². The van der Waals surface area contributed by atoms with Crippen LogP contribution in [0, 0.1) is 0 Å². The second-order valence-electron chi connectivity index (χ2n) is 7.61. The fraction of sp³-hybridized carbons (Fsp3) is 0.182. The van der Waals surface area contributed by atoms with Crippen LogP contribution in [0.25, 0.3) is 22.2 Å². The highest BCUT2D eigenvalue weighted by Gasteiger charge is 2.18. The number of hydrogen-bond acceptors (Lipinski definition) is 5. The molecule has 0 atom stereocenters. The van der Waals surface area contributed by atoms with Crippen molar-refractivity contribution in [3.8, 4) is 11.3 Å². The van der Waals surface area contributed by atoms with Crippen LogP contribution >= 0.6 is 0 Å². The molecule has 6 nitrogen and oxygen atoms in total. The van der Waals surface area contributed by atoms with Crippen molar-refractivity contribution in [3.63, 3.8) is 0 Å². The monoisotopic (exact) mass is 372 g/mol. The van der Waals surface area contributed by atoms with Crippen molar-refractivity contribution in [2.45, 2.75) is 26.2 Å². The van der Waals surface area contributed by atoms with Gasteiger partial charge in [0.25, 0.3) is 5.91 Å². The molecule has 2 aromatic heterocycles. The maximum Gasteiger partial charge on any atom is 0.255 e. The number of carbonyl (C=O) groups excluding carboxylic acids is 1. The van der Waals surface area contributed by atoms with Gasteiger partial charge >= 0.3 is 0 Å². The molecule has 0 aliphatic carbocycles. The van der Waals surface area contributed by atoms with Crippen molar-refractivity contribution in [1.29, 1.82) is 0 Å². The molecule has 1 amide bonds.